The molecule has 0 fully saturated rings. The topological polar surface area (TPSA) is 54.0 Å². The lowest BCUT2D eigenvalue weighted by molar-refractivity contribution is 0.101. The number of thiophene rings is 1. The van der Waals surface area contributed by atoms with Crippen molar-refractivity contribution in [1.82, 2.24) is 0 Å². The summed E-state index contributed by atoms with van der Waals surface area (Å²) in [4.78, 5) is 13.8. The van der Waals surface area contributed by atoms with Crippen LogP contribution >= 0.6 is 11.3 Å². The molecule has 0 aliphatic carbocycles. The van der Waals surface area contributed by atoms with Gasteiger partial charge in [-0.15, -0.1) is 11.3 Å². The highest BCUT2D eigenvalue weighted by atomic mass is 32.1. The molecule has 24 heavy (non-hydrogen) atoms. The maximum Gasteiger partial charge on any atom is 0.238 e. The van der Waals surface area contributed by atoms with Crippen molar-refractivity contribution in [1.29, 1.82) is 5.26 Å². The number of benzene rings is 1. The fourth-order valence-electron chi connectivity index (χ4n) is 1.98. The van der Waals surface area contributed by atoms with Gasteiger partial charge in [0.1, 0.15) is 11.6 Å². The number of rotatable bonds is 3. The molecule has 1 aromatic carbocycles. The summed E-state index contributed by atoms with van der Waals surface area (Å²) < 4.78 is 5.05. The standard InChI is InChI=1S/C20H11NO2S/c21-14-16(20(22)19-7-4-12-23-19)13-18-11-10-17(24-18)9-8-15-5-2-1-3-6-15/h1-7,10-13H. The zero-order chi connectivity index (χ0) is 16.8. The Morgan fingerprint density at radius 1 is 1.04 bits per heavy atom. The molecule has 114 valence electrons. The highest BCUT2D eigenvalue weighted by Crippen LogP contribution is 2.20. The quantitative estimate of drug-likeness (QED) is 0.307. The minimum absolute atomic E-state index is 0.0365. The lowest BCUT2D eigenvalue weighted by atomic mass is 10.1. The Labute approximate surface area is 143 Å². The van der Waals surface area contributed by atoms with Gasteiger partial charge in [-0.25, -0.2) is 0 Å². The monoisotopic (exact) mass is 329 g/mol. The fraction of sp³-hybridized carbons (Fsp3) is 0. The zero-order valence-electron chi connectivity index (χ0n) is 12.5. The van der Waals surface area contributed by atoms with Crippen LogP contribution in [0.3, 0.4) is 0 Å². The number of nitriles is 1. The van der Waals surface area contributed by atoms with Gasteiger partial charge >= 0.3 is 0 Å². The van der Waals surface area contributed by atoms with E-state index < -0.39 is 5.78 Å². The molecule has 0 atom stereocenters. The summed E-state index contributed by atoms with van der Waals surface area (Å²) >= 11 is 1.43. The van der Waals surface area contributed by atoms with Gasteiger partial charge in [-0.1, -0.05) is 30.0 Å². The van der Waals surface area contributed by atoms with Crippen molar-refractivity contribution in [3.05, 3.63) is 87.5 Å². The first kappa shape index (κ1) is 15.6. The third-order valence-corrected chi connectivity index (χ3v) is 4.07. The Morgan fingerprint density at radius 2 is 1.88 bits per heavy atom. The predicted molar refractivity (Wildman–Crippen MR) is 93.4 cm³/mol. The van der Waals surface area contributed by atoms with Crippen LogP contribution in [0.2, 0.25) is 0 Å². The summed E-state index contributed by atoms with van der Waals surface area (Å²) in [6.45, 7) is 0. The van der Waals surface area contributed by atoms with Gasteiger partial charge in [-0.2, -0.15) is 5.26 Å². The van der Waals surface area contributed by atoms with Gasteiger partial charge in [-0.3, -0.25) is 4.79 Å². The van der Waals surface area contributed by atoms with E-state index in [1.165, 1.54) is 17.6 Å². The molecule has 2 aromatic heterocycles. The van der Waals surface area contributed by atoms with E-state index in [1.54, 1.807) is 18.2 Å². The molecule has 0 saturated heterocycles. The summed E-state index contributed by atoms with van der Waals surface area (Å²) in [5.74, 6) is 5.89. The van der Waals surface area contributed by atoms with E-state index in [1.807, 2.05) is 48.5 Å². The Hall–Kier alpha value is -3.34. The minimum atomic E-state index is -0.423. The van der Waals surface area contributed by atoms with Crippen LogP contribution in [-0.4, -0.2) is 5.78 Å². The van der Waals surface area contributed by atoms with Crippen LogP contribution < -0.4 is 0 Å². The van der Waals surface area contributed by atoms with Gasteiger partial charge in [0.05, 0.1) is 11.1 Å². The van der Waals surface area contributed by atoms with Crippen molar-refractivity contribution in [2.24, 2.45) is 0 Å². The molecule has 0 N–H and O–H groups in total. The lowest BCUT2D eigenvalue weighted by Crippen LogP contribution is -1.99. The molecule has 0 aliphatic rings. The van der Waals surface area contributed by atoms with Crippen molar-refractivity contribution in [3.8, 4) is 17.9 Å². The van der Waals surface area contributed by atoms with Gasteiger partial charge < -0.3 is 4.42 Å². The van der Waals surface area contributed by atoms with Crippen LogP contribution in [0.1, 0.15) is 25.9 Å². The number of nitrogens with zero attached hydrogens (tertiary/aromatic N) is 1. The van der Waals surface area contributed by atoms with E-state index >= 15 is 0 Å². The molecule has 0 unspecified atom stereocenters. The van der Waals surface area contributed by atoms with Crippen LogP contribution in [0.4, 0.5) is 0 Å². The SMILES string of the molecule is N#CC(=Cc1ccc(C#Cc2ccccc2)s1)C(=O)c1ccco1. The second kappa shape index (κ2) is 7.28. The molecule has 3 rings (SSSR count). The number of ketones is 1. The zero-order valence-corrected chi connectivity index (χ0v) is 13.3. The Kier molecular flexibility index (Phi) is 4.72. The van der Waals surface area contributed by atoms with Gasteiger partial charge in [0.25, 0.3) is 0 Å². The van der Waals surface area contributed by atoms with Gasteiger partial charge in [0.15, 0.2) is 5.76 Å². The second-order valence-corrected chi connectivity index (χ2v) is 5.91. The van der Waals surface area contributed by atoms with E-state index in [0.717, 1.165) is 15.3 Å². The largest absolute Gasteiger partial charge is 0.461 e. The average Bonchev–Trinajstić information content (AvgIpc) is 3.30. The number of carbonyl (C=O) groups is 1. The number of allylic oxidation sites excluding steroid dienone is 1. The number of Topliss-reactive ketones (excluding diaryl/α,β-unsaturated/α-hetero) is 1. The Bertz CT molecular complexity index is 978. The van der Waals surface area contributed by atoms with Gasteiger partial charge in [-0.05, 0) is 42.5 Å². The number of hydrogen-bond donors (Lipinski definition) is 0. The summed E-state index contributed by atoms with van der Waals surface area (Å²) in [6, 6.07) is 18.5. The van der Waals surface area contributed by atoms with Crippen LogP contribution in [0.15, 0.2) is 70.9 Å². The lowest BCUT2D eigenvalue weighted by Gasteiger charge is -1.93. The molecule has 0 saturated carbocycles. The molecule has 0 bridgehead atoms. The maximum atomic E-state index is 12.2. The van der Waals surface area contributed by atoms with Gasteiger partial charge in [0.2, 0.25) is 5.78 Å². The van der Waals surface area contributed by atoms with Gasteiger partial charge in [0, 0.05) is 10.4 Å². The van der Waals surface area contributed by atoms with Crippen LogP contribution in [0.5, 0.6) is 0 Å². The first-order chi connectivity index (χ1) is 11.8. The van der Waals surface area contributed by atoms with E-state index in [4.69, 9.17) is 4.42 Å². The summed E-state index contributed by atoms with van der Waals surface area (Å²) in [6.07, 6.45) is 2.97. The Morgan fingerprint density at radius 3 is 2.58 bits per heavy atom. The molecule has 4 heteroatoms. The molecule has 3 nitrogen and oxygen atoms in total. The van der Waals surface area contributed by atoms with Crippen molar-refractivity contribution >= 4 is 23.2 Å². The summed E-state index contributed by atoms with van der Waals surface area (Å²) in [5.41, 5.74) is 0.975. The molecular formula is C20H11NO2S. The molecule has 3 aromatic rings. The summed E-state index contributed by atoms with van der Waals surface area (Å²) in [7, 11) is 0. The van der Waals surface area contributed by atoms with Crippen molar-refractivity contribution in [2.75, 3.05) is 0 Å². The molecular weight excluding hydrogens is 318 g/mol. The van der Waals surface area contributed by atoms with E-state index in [-0.39, 0.29) is 11.3 Å². The minimum Gasteiger partial charge on any atom is -0.461 e. The molecule has 0 aliphatic heterocycles. The molecule has 0 radical (unpaired) electrons. The normalized spacial score (nSPS) is 10.5. The number of hydrogen-bond acceptors (Lipinski definition) is 4. The Balaban J connectivity index is 1.81. The summed E-state index contributed by atoms with van der Waals surface area (Å²) in [5, 5.41) is 9.21. The van der Waals surface area contributed by atoms with E-state index in [0.29, 0.717) is 0 Å². The third-order valence-electron chi connectivity index (χ3n) is 3.13. The first-order valence-electron chi connectivity index (χ1n) is 7.13. The highest BCUT2D eigenvalue weighted by molar-refractivity contribution is 7.13. The van der Waals surface area contributed by atoms with Crippen molar-refractivity contribution in [3.63, 3.8) is 0 Å². The number of carbonyl (C=O) groups excluding carboxylic acids is 1. The fourth-order valence-corrected chi connectivity index (χ4v) is 2.79. The van der Waals surface area contributed by atoms with Crippen molar-refractivity contribution < 1.29 is 9.21 Å². The van der Waals surface area contributed by atoms with Crippen LogP contribution in [0.25, 0.3) is 6.08 Å². The van der Waals surface area contributed by atoms with E-state index in [2.05, 4.69) is 11.8 Å². The average molecular weight is 329 g/mol. The van der Waals surface area contributed by atoms with Crippen LogP contribution in [0, 0.1) is 23.2 Å². The smallest absolute Gasteiger partial charge is 0.238 e. The number of furan rings is 1. The first-order valence-corrected chi connectivity index (χ1v) is 7.95. The highest BCUT2D eigenvalue weighted by Gasteiger charge is 2.15. The van der Waals surface area contributed by atoms with Crippen molar-refractivity contribution in [2.45, 2.75) is 0 Å². The third kappa shape index (κ3) is 3.70. The molecule has 0 amide bonds. The molecule has 0 spiro atoms. The predicted octanol–water partition coefficient (Wildman–Crippen LogP) is 4.53. The van der Waals surface area contributed by atoms with E-state index in [9.17, 15) is 10.1 Å². The second-order valence-electron chi connectivity index (χ2n) is 4.79. The maximum absolute atomic E-state index is 12.2. The van der Waals surface area contributed by atoms with Crippen LogP contribution in [-0.2, 0) is 0 Å². The molecule has 2 heterocycles.